The minimum atomic E-state index is -0.212. The third-order valence-corrected chi connectivity index (χ3v) is 3.36. The van der Waals surface area contributed by atoms with E-state index >= 15 is 0 Å². The van der Waals surface area contributed by atoms with Crippen molar-refractivity contribution in [1.82, 2.24) is 0 Å². The first-order chi connectivity index (χ1) is 7.79. The van der Waals surface area contributed by atoms with E-state index in [0.29, 0.717) is 6.54 Å². The van der Waals surface area contributed by atoms with Crippen LogP contribution in [0.5, 0.6) is 0 Å². The van der Waals surface area contributed by atoms with Gasteiger partial charge in [-0.3, -0.25) is 0 Å². The first-order valence-corrected chi connectivity index (χ1v) is 5.82. The summed E-state index contributed by atoms with van der Waals surface area (Å²) in [4.78, 5) is 2.14. The van der Waals surface area contributed by atoms with Gasteiger partial charge in [-0.1, -0.05) is 30.0 Å². The molecule has 0 amide bonds. The van der Waals surface area contributed by atoms with E-state index in [4.69, 9.17) is 5.73 Å². The van der Waals surface area contributed by atoms with Crippen LogP contribution in [0.2, 0.25) is 0 Å². The molecule has 0 bridgehead atoms. The summed E-state index contributed by atoms with van der Waals surface area (Å²) in [6, 6.07) is 14.4. The van der Waals surface area contributed by atoms with E-state index in [1.807, 2.05) is 24.3 Å². The van der Waals surface area contributed by atoms with E-state index in [0.717, 1.165) is 15.4 Å². The SMILES string of the molecule is NCc1ccccc1Sc1ccc(F)cc1. The lowest BCUT2D eigenvalue weighted by atomic mass is 10.2. The molecule has 3 heteroatoms. The first kappa shape index (κ1) is 11.2. The van der Waals surface area contributed by atoms with Gasteiger partial charge in [0.05, 0.1) is 0 Å². The zero-order chi connectivity index (χ0) is 11.4. The first-order valence-electron chi connectivity index (χ1n) is 5.01. The minimum absolute atomic E-state index is 0.212. The van der Waals surface area contributed by atoms with Crippen LogP contribution >= 0.6 is 11.8 Å². The van der Waals surface area contributed by atoms with Crippen LogP contribution in [-0.4, -0.2) is 0 Å². The van der Waals surface area contributed by atoms with Crippen molar-refractivity contribution in [2.75, 3.05) is 0 Å². The van der Waals surface area contributed by atoms with E-state index in [1.54, 1.807) is 23.9 Å². The Morgan fingerprint density at radius 1 is 1.00 bits per heavy atom. The van der Waals surface area contributed by atoms with Gasteiger partial charge in [0.1, 0.15) is 5.82 Å². The summed E-state index contributed by atoms with van der Waals surface area (Å²) in [5.41, 5.74) is 6.76. The molecule has 0 aliphatic rings. The van der Waals surface area contributed by atoms with Gasteiger partial charge in [-0.25, -0.2) is 4.39 Å². The number of hydrogen-bond donors (Lipinski definition) is 1. The van der Waals surface area contributed by atoms with Crippen LogP contribution in [0.4, 0.5) is 4.39 Å². The van der Waals surface area contributed by atoms with Crippen molar-refractivity contribution in [2.24, 2.45) is 5.73 Å². The highest BCUT2D eigenvalue weighted by Gasteiger charge is 2.02. The third kappa shape index (κ3) is 2.62. The van der Waals surface area contributed by atoms with Gasteiger partial charge in [-0.05, 0) is 35.9 Å². The molecule has 82 valence electrons. The van der Waals surface area contributed by atoms with Gasteiger partial charge in [0.2, 0.25) is 0 Å². The molecular formula is C13H12FNS. The number of hydrogen-bond acceptors (Lipinski definition) is 2. The molecule has 2 aromatic rings. The summed E-state index contributed by atoms with van der Waals surface area (Å²) in [5, 5.41) is 0. The van der Waals surface area contributed by atoms with Crippen molar-refractivity contribution in [3.05, 3.63) is 59.9 Å². The molecule has 16 heavy (non-hydrogen) atoms. The fourth-order valence-corrected chi connectivity index (χ4v) is 2.36. The lowest BCUT2D eigenvalue weighted by Crippen LogP contribution is -1.97. The molecule has 0 saturated heterocycles. The second-order valence-electron chi connectivity index (χ2n) is 3.37. The molecule has 1 nitrogen and oxygen atoms in total. The van der Waals surface area contributed by atoms with Crippen LogP contribution in [-0.2, 0) is 6.54 Å². The Morgan fingerprint density at radius 2 is 1.69 bits per heavy atom. The van der Waals surface area contributed by atoms with Crippen molar-refractivity contribution < 1.29 is 4.39 Å². The fourth-order valence-electron chi connectivity index (χ4n) is 1.40. The van der Waals surface area contributed by atoms with E-state index in [1.165, 1.54) is 12.1 Å². The molecule has 0 fully saturated rings. The molecule has 2 N–H and O–H groups in total. The van der Waals surface area contributed by atoms with Gasteiger partial charge in [-0.15, -0.1) is 0 Å². The van der Waals surface area contributed by atoms with Crippen molar-refractivity contribution in [3.8, 4) is 0 Å². The van der Waals surface area contributed by atoms with Gasteiger partial charge in [0.25, 0.3) is 0 Å². The normalized spacial score (nSPS) is 10.4. The number of benzene rings is 2. The Hall–Kier alpha value is -1.32. The molecule has 0 radical (unpaired) electrons. The predicted octanol–water partition coefficient (Wildman–Crippen LogP) is 3.44. The molecule has 0 spiro atoms. The second kappa shape index (κ2) is 5.14. The molecule has 0 aliphatic heterocycles. The summed E-state index contributed by atoms with van der Waals surface area (Å²) in [5.74, 6) is -0.212. The van der Waals surface area contributed by atoms with Gasteiger partial charge in [-0.2, -0.15) is 0 Å². The van der Waals surface area contributed by atoms with Crippen molar-refractivity contribution in [3.63, 3.8) is 0 Å². The summed E-state index contributed by atoms with van der Waals surface area (Å²) < 4.78 is 12.7. The van der Waals surface area contributed by atoms with E-state index in [2.05, 4.69) is 0 Å². The Bertz CT molecular complexity index is 468. The van der Waals surface area contributed by atoms with Crippen LogP contribution in [0.25, 0.3) is 0 Å². The fraction of sp³-hybridized carbons (Fsp3) is 0.0769. The average molecular weight is 233 g/mol. The summed E-state index contributed by atoms with van der Waals surface area (Å²) in [6.07, 6.45) is 0. The Morgan fingerprint density at radius 3 is 2.38 bits per heavy atom. The maximum absolute atomic E-state index is 12.7. The van der Waals surface area contributed by atoms with Crippen LogP contribution < -0.4 is 5.73 Å². The maximum atomic E-state index is 12.7. The number of rotatable bonds is 3. The van der Waals surface area contributed by atoms with E-state index in [-0.39, 0.29) is 5.82 Å². The average Bonchev–Trinajstić information content (AvgIpc) is 2.33. The number of nitrogens with two attached hydrogens (primary N) is 1. The highest BCUT2D eigenvalue weighted by atomic mass is 32.2. The molecule has 0 aromatic heterocycles. The van der Waals surface area contributed by atoms with Gasteiger partial charge < -0.3 is 5.73 Å². The lowest BCUT2D eigenvalue weighted by molar-refractivity contribution is 0.626. The third-order valence-electron chi connectivity index (χ3n) is 2.23. The van der Waals surface area contributed by atoms with Crippen LogP contribution in [0.15, 0.2) is 58.3 Å². The van der Waals surface area contributed by atoms with Crippen LogP contribution in [0.3, 0.4) is 0 Å². The maximum Gasteiger partial charge on any atom is 0.123 e. The quantitative estimate of drug-likeness (QED) is 0.878. The largest absolute Gasteiger partial charge is 0.326 e. The molecule has 0 aliphatic carbocycles. The molecule has 2 aromatic carbocycles. The van der Waals surface area contributed by atoms with Gasteiger partial charge in [0, 0.05) is 16.3 Å². The Labute approximate surface area is 98.5 Å². The van der Waals surface area contributed by atoms with Crippen molar-refractivity contribution >= 4 is 11.8 Å². The van der Waals surface area contributed by atoms with Crippen LogP contribution in [0, 0.1) is 5.82 Å². The monoisotopic (exact) mass is 233 g/mol. The molecular weight excluding hydrogens is 221 g/mol. The van der Waals surface area contributed by atoms with E-state index in [9.17, 15) is 4.39 Å². The smallest absolute Gasteiger partial charge is 0.123 e. The molecule has 2 rings (SSSR count). The highest BCUT2D eigenvalue weighted by molar-refractivity contribution is 7.99. The molecule has 0 atom stereocenters. The molecule has 0 unspecified atom stereocenters. The van der Waals surface area contributed by atoms with Crippen molar-refractivity contribution in [1.29, 1.82) is 0 Å². The Kier molecular flexibility index (Phi) is 3.59. The topological polar surface area (TPSA) is 26.0 Å². The van der Waals surface area contributed by atoms with Gasteiger partial charge in [0.15, 0.2) is 0 Å². The van der Waals surface area contributed by atoms with E-state index < -0.39 is 0 Å². The molecule has 0 saturated carbocycles. The second-order valence-corrected chi connectivity index (χ2v) is 4.48. The standard InChI is InChI=1S/C13H12FNS/c14-11-5-7-12(8-6-11)16-13-4-2-1-3-10(13)9-15/h1-8H,9,15H2. The number of halogens is 1. The van der Waals surface area contributed by atoms with Gasteiger partial charge >= 0.3 is 0 Å². The predicted molar refractivity (Wildman–Crippen MR) is 64.9 cm³/mol. The summed E-state index contributed by atoms with van der Waals surface area (Å²) in [6.45, 7) is 0.518. The summed E-state index contributed by atoms with van der Waals surface area (Å²) >= 11 is 1.60. The van der Waals surface area contributed by atoms with Crippen molar-refractivity contribution in [2.45, 2.75) is 16.3 Å². The van der Waals surface area contributed by atoms with Crippen LogP contribution in [0.1, 0.15) is 5.56 Å². The molecule has 0 heterocycles. The highest BCUT2D eigenvalue weighted by Crippen LogP contribution is 2.30. The Balaban J connectivity index is 2.23. The lowest BCUT2D eigenvalue weighted by Gasteiger charge is -2.06. The zero-order valence-corrected chi connectivity index (χ0v) is 9.51. The minimum Gasteiger partial charge on any atom is -0.326 e. The summed E-state index contributed by atoms with van der Waals surface area (Å²) in [7, 11) is 0. The zero-order valence-electron chi connectivity index (χ0n) is 8.69.